The number of carbonyl (C=O) groups excluding carboxylic acids is 1. The Kier molecular flexibility index (Phi) is 4.22. The Bertz CT molecular complexity index is 168. The lowest BCUT2D eigenvalue weighted by Crippen LogP contribution is -2.31. The Morgan fingerprint density at radius 1 is 1.54 bits per heavy atom. The first-order valence-electron chi connectivity index (χ1n) is 5.19. The summed E-state index contributed by atoms with van der Waals surface area (Å²) in [6.45, 7) is 0.755. The van der Waals surface area contributed by atoms with Crippen molar-refractivity contribution >= 4 is 5.91 Å². The molecule has 0 spiro atoms. The molecule has 0 aromatic carbocycles. The highest BCUT2D eigenvalue weighted by Gasteiger charge is 2.25. The number of rotatable bonds is 3. The van der Waals surface area contributed by atoms with E-state index >= 15 is 0 Å². The summed E-state index contributed by atoms with van der Waals surface area (Å²) in [5, 5.41) is 2.73. The Balaban J connectivity index is 2.37. The lowest BCUT2D eigenvalue weighted by molar-refractivity contribution is -0.125. The van der Waals surface area contributed by atoms with Crippen LogP contribution in [-0.4, -0.2) is 19.5 Å². The SMILES string of the molecule is CNC(=O)C1CCCC(CCN)C1. The summed E-state index contributed by atoms with van der Waals surface area (Å²) < 4.78 is 0. The molecule has 1 amide bonds. The number of hydrogen-bond donors (Lipinski definition) is 2. The van der Waals surface area contributed by atoms with Gasteiger partial charge in [0.2, 0.25) is 5.91 Å². The topological polar surface area (TPSA) is 55.1 Å². The molecule has 0 saturated heterocycles. The lowest BCUT2D eigenvalue weighted by Gasteiger charge is -2.27. The average Bonchev–Trinajstić information content (AvgIpc) is 2.18. The van der Waals surface area contributed by atoms with Crippen LogP contribution in [0.25, 0.3) is 0 Å². The third-order valence-corrected chi connectivity index (χ3v) is 2.97. The fraction of sp³-hybridized carbons (Fsp3) is 0.900. The molecule has 1 aliphatic rings. The van der Waals surface area contributed by atoms with E-state index in [1.807, 2.05) is 0 Å². The van der Waals surface area contributed by atoms with Crippen LogP contribution >= 0.6 is 0 Å². The average molecular weight is 184 g/mol. The molecule has 3 nitrogen and oxygen atoms in total. The van der Waals surface area contributed by atoms with Crippen molar-refractivity contribution in [3.8, 4) is 0 Å². The Morgan fingerprint density at radius 2 is 2.31 bits per heavy atom. The molecule has 1 rings (SSSR count). The van der Waals surface area contributed by atoms with Crippen LogP contribution in [0.1, 0.15) is 32.1 Å². The Hall–Kier alpha value is -0.570. The van der Waals surface area contributed by atoms with Crippen molar-refractivity contribution in [1.82, 2.24) is 5.32 Å². The molecule has 1 aliphatic carbocycles. The molecule has 0 radical (unpaired) electrons. The highest BCUT2D eigenvalue weighted by atomic mass is 16.1. The predicted molar refractivity (Wildman–Crippen MR) is 53.2 cm³/mol. The third-order valence-electron chi connectivity index (χ3n) is 2.97. The van der Waals surface area contributed by atoms with E-state index in [-0.39, 0.29) is 11.8 Å². The number of carbonyl (C=O) groups is 1. The van der Waals surface area contributed by atoms with Crippen LogP contribution in [0, 0.1) is 11.8 Å². The van der Waals surface area contributed by atoms with Gasteiger partial charge in [0.05, 0.1) is 0 Å². The predicted octanol–water partition coefficient (Wildman–Crippen LogP) is 0.888. The van der Waals surface area contributed by atoms with Crippen LogP contribution in [0.5, 0.6) is 0 Å². The normalized spacial score (nSPS) is 28.5. The van der Waals surface area contributed by atoms with E-state index in [4.69, 9.17) is 5.73 Å². The summed E-state index contributed by atoms with van der Waals surface area (Å²) in [4.78, 5) is 11.4. The van der Waals surface area contributed by atoms with Crippen LogP contribution in [-0.2, 0) is 4.79 Å². The fourth-order valence-corrected chi connectivity index (χ4v) is 2.23. The minimum Gasteiger partial charge on any atom is -0.359 e. The third kappa shape index (κ3) is 2.99. The van der Waals surface area contributed by atoms with E-state index in [2.05, 4.69) is 5.32 Å². The van der Waals surface area contributed by atoms with Crippen molar-refractivity contribution in [3.63, 3.8) is 0 Å². The van der Waals surface area contributed by atoms with Crippen LogP contribution in [0.15, 0.2) is 0 Å². The maximum Gasteiger partial charge on any atom is 0.222 e. The van der Waals surface area contributed by atoms with Crippen LogP contribution < -0.4 is 11.1 Å². The second-order valence-electron chi connectivity index (χ2n) is 3.92. The molecule has 1 fully saturated rings. The molecule has 0 heterocycles. The van der Waals surface area contributed by atoms with Gasteiger partial charge in [-0.1, -0.05) is 12.8 Å². The zero-order valence-corrected chi connectivity index (χ0v) is 8.38. The molecular formula is C10H20N2O. The molecule has 0 aliphatic heterocycles. The number of hydrogen-bond acceptors (Lipinski definition) is 2. The van der Waals surface area contributed by atoms with Crippen LogP contribution in [0.4, 0.5) is 0 Å². The molecule has 0 aromatic heterocycles. The monoisotopic (exact) mass is 184 g/mol. The van der Waals surface area contributed by atoms with E-state index < -0.39 is 0 Å². The van der Waals surface area contributed by atoms with E-state index in [0.29, 0.717) is 5.92 Å². The standard InChI is InChI=1S/C10H20N2O/c1-12-10(13)9-4-2-3-8(7-9)5-6-11/h8-9H,2-7,11H2,1H3,(H,12,13). The smallest absolute Gasteiger partial charge is 0.222 e. The van der Waals surface area contributed by atoms with Gasteiger partial charge in [-0.25, -0.2) is 0 Å². The molecule has 76 valence electrons. The van der Waals surface area contributed by atoms with Gasteiger partial charge in [0, 0.05) is 13.0 Å². The molecule has 2 atom stereocenters. The highest BCUT2D eigenvalue weighted by molar-refractivity contribution is 5.78. The highest BCUT2D eigenvalue weighted by Crippen LogP contribution is 2.30. The maximum atomic E-state index is 11.4. The van der Waals surface area contributed by atoms with Gasteiger partial charge >= 0.3 is 0 Å². The van der Waals surface area contributed by atoms with Gasteiger partial charge in [-0.05, 0) is 31.7 Å². The minimum absolute atomic E-state index is 0.210. The Labute approximate surface area is 80.1 Å². The summed E-state index contributed by atoms with van der Waals surface area (Å²) in [5.41, 5.74) is 5.51. The summed E-state index contributed by atoms with van der Waals surface area (Å²) in [6.07, 6.45) is 5.61. The second kappa shape index (κ2) is 5.22. The van der Waals surface area contributed by atoms with Gasteiger partial charge in [-0.2, -0.15) is 0 Å². The van der Waals surface area contributed by atoms with Gasteiger partial charge in [-0.3, -0.25) is 4.79 Å². The van der Waals surface area contributed by atoms with Gasteiger partial charge < -0.3 is 11.1 Å². The second-order valence-corrected chi connectivity index (χ2v) is 3.92. The zero-order valence-electron chi connectivity index (χ0n) is 8.38. The molecule has 0 aromatic rings. The largest absolute Gasteiger partial charge is 0.359 e. The fourth-order valence-electron chi connectivity index (χ4n) is 2.23. The van der Waals surface area contributed by atoms with Crippen molar-refractivity contribution in [3.05, 3.63) is 0 Å². The lowest BCUT2D eigenvalue weighted by atomic mass is 9.79. The number of nitrogens with one attached hydrogen (secondary N) is 1. The first-order chi connectivity index (χ1) is 6.27. The molecular weight excluding hydrogens is 164 g/mol. The van der Waals surface area contributed by atoms with E-state index in [1.54, 1.807) is 7.05 Å². The van der Waals surface area contributed by atoms with Crippen molar-refractivity contribution in [2.75, 3.05) is 13.6 Å². The van der Waals surface area contributed by atoms with Gasteiger partial charge in [0.25, 0.3) is 0 Å². The van der Waals surface area contributed by atoms with Crippen LogP contribution in [0.3, 0.4) is 0 Å². The van der Waals surface area contributed by atoms with Crippen molar-refractivity contribution < 1.29 is 4.79 Å². The van der Waals surface area contributed by atoms with Crippen molar-refractivity contribution in [2.24, 2.45) is 17.6 Å². The van der Waals surface area contributed by atoms with E-state index in [0.717, 1.165) is 25.8 Å². The summed E-state index contributed by atoms with van der Waals surface area (Å²) >= 11 is 0. The molecule has 1 saturated carbocycles. The first-order valence-corrected chi connectivity index (χ1v) is 5.19. The quantitative estimate of drug-likeness (QED) is 0.684. The maximum absolute atomic E-state index is 11.4. The molecule has 2 unspecified atom stereocenters. The van der Waals surface area contributed by atoms with Crippen molar-refractivity contribution in [1.29, 1.82) is 0 Å². The van der Waals surface area contributed by atoms with Gasteiger partial charge in [-0.15, -0.1) is 0 Å². The van der Waals surface area contributed by atoms with Gasteiger partial charge in [0.1, 0.15) is 0 Å². The first kappa shape index (κ1) is 10.5. The Morgan fingerprint density at radius 3 is 2.92 bits per heavy atom. The van der Waals surface area contributed by atoms with Gasteiger partial charge in [0.15, 0.2) is 0 Å². The van der Waals surface area contributed by atoms with Crippen LogP contribution in [0.2, 0.25) is 0 Å². The molecule has 0 bridgehead atoms. The van der Waals surface area contributed by atoms with Crippen molar-refractivity contribution in [2.45, 2.75) is 32.1 Å². The summed E-state index contributed by atoms with van der Waals surface area (Å²) in [6, 6.07) is 0. The minimum atomic E-state index is 0.210. The molecule has 13 heavy (non-hydrogen) atoms. The molecule has 3 N–H and O–H groups in total. The van der Waals surface area contributed by atoms with E-state index in [1.165, 1.54) is 12.8 Å². The zero-order chi connectivity index (χ0) is 9.68. The number of amides is 1. The van der Waals surface area contributed by atoms with E-state index in [9.17, 15) is 4.79 Å². The summed E-state index contributed by atoms with van der Waals surface area (Å²) in [7, 11) is 1.72. The molecule has 3 heteroatoms. The summed E-state index contributed by atoms with van der Waals surface area (Å²) in [5.74, 6) is 1.14. The number of nitrogens with two attached hydrogens (primary N) is 1.